The Morgan fingerprint density at radius 3 is 2.65 bits per heavy atom. The number of rotatable bonds is 10. The van der Waals surface area contributed by atoms with E-state index in [9.17, 15) is 9.59 Å². The molecule has 10 heteroatoms. The minimum absolute atomic E-state index is 0.0645. The van der Waals surface area contributed by atoms with Gasteiger partial charge in [0.05, 0.1) is 33.5 Å². The number of carbonyl (C=O) groups is 2. The van der Waals surface area contributed by atoms with E-state index in [1.807, 2.05) is 13.0 Å². The number of carbonyl (C=O) groups excluding carboxylic acids is 2. The van der Waals surface area contributed by atoms with E-state index in [4.69, 9.17) is 32.7 Å². The van der Waals surface area contributed by atoms with Crippen molar-refractivity contribution in [3.8, 4) is 11.5 Å². The van der Waals surface area contributed by atoms with E-state index in [1.54, 1.807) is 25.3 Å². The number of hydrogen-bond donors (Lipinski definition) is 2. The SMILES string of the molecule is CCCOc1c(I)cc(C=NNC(=O)CCNC(=O)c2ccc(Cl)c(Cl)c2)cc1OC. The number of amides is 2. The maximum atomic E-state index is 12.1. The van der Waals surface area contributed by atoms with Gasteiger partial charge in [0.15, 0.2) is 11.5 Å². The Morgan fingerprint density at radius 2 is 1.97 bits per heavy atom. The van der Waals surface area contributed by atoms with Gasteiger partial charge in [0.25, 0.3) is 5.91 Å². The van der Waals surface area contributed by atoms with E-state index >= 15 is 0 Å². The summed E-state index contributed by atoms with van der Waals surface area (Å²) in [5.41, 5.74) is 3.55. The van der Waals surface area contributed by atoms with Gasteiger partial charge in [0, 0.05) is 18.5 Å². The van der Waals surface area contributed by atoms with Crippen molar-refractivity contribution in [1.29, 1.82) is 0 Å². The molecule has 166 valence electrons. The first-order valence-corrected chi connectivity index (χ1v) is 11.2. The van der Waals surface area contributed by atoms with E-state index < -0.39 is 0 Å². The number of hydrazone groups is 1. The van der Waals surface area contributed by atoms with E-state index in [2.05, 4.69) is 38.4 Å². The Kier molecular flexibility index (Phi) is 10.4. The smallest absolute Gasteiger partial charge is 0.251 e. The second-order valence-corrected chi connectivity index (χ2v) is 8.29. The van der Waals surface area contributed by atoms with Crippen molar-refractivity contribution in [1.82, 2.24) is 10.7 Å². The summed E-state index contributed by atoms with van der Waals surface area (Å²) in [7, 11) is 1.57. The zero-order chi connectivity index (χ0) is 22.8. The molecule has 31 heavy (non-hydrogen) atoms. The number of ether oxygens (including phenoxy) is 2. The van der Waals surface area contributed by atoms with Gasteiger partial charge in [0.1, 0.15) is 0 Å². The van der Waals surface area contributed by atoms with Crippen LogP contribution >= 0.6 is 45.8 Å². The van der Waals surface area contributed by atoms with E-state index in [0.717, 1.165) is 15.6 Å². The van der Waals surface area contributed by atoms with Gasteiger partial charge in [-0.2, -0.15) is 5.10 Å². The Labute approximate surface area is 204 Å². The lowest BCUT2D eigenvalue weighted by Gasteiger charge is -2.12. The molecule has 0 unspecified atom stereocenters. The summed E-state index contributed by atoms with van der Waals surface area (Å²) in [6.07, 6.45) is 2.47. The normalized spacial score (nSPS) is 10.7. The highest BCUT2D eigenvalue weighted by atomic mass is 127. The molecule has 2 N–H and O–H groups in total. The van der Waals surface area contributed by atoms with Gasteiger partial charge in [-0.1, -0.05) is 30.1 Å². The van der Waals surface area contributed by atoms with Crippen molar-refractivity contribution < 1.29 is 19.1 Å². The standard InChI is InChI=1S/C21H22Cl2IN3O4/c1-3-8-31-20-17(24)9-13(10-18(20)30-2)12-26-27-19(28)6-7-25-21(29)14-4-5-15(22)16(23)11-14/h4-5,9-12H,3,6-8H2,1-2H3,(H,25,29)(H,27,28). The third kappa shape index (κ3) is 7.86. The summed E-state index contributed by atoms with van der Waals surface area (Å²) in [5, 5.41) is 7.26. The summed E-state index contributed by atoms with van der Waals surface area (Å²) in [5.74, 6) is 0.596. The van der Waals surface area contributed by atoms with Crippen LogP contribution < -0.4 is 20.2 Å². The quantitative estimate of drug-likeness (QED) is 0.244. The topological polar surface area (TPSA) is 89.0 Å². The molecule has 0 bridgehead atoms. The molecular weight excluding hydrogens is 556 g/mol. The molecule has 0 heterocycles. The fraction of sp³-hybridized carbons (Fsp3) is 0.286. The number of methoxy groups -OCH3 is 1. The molecule has 2 amide bonds. The van der Waals surface area contributed by atoms with Crippen LogP contribution in [0.4, 0.5) is 0 Å². The van der Waals surface area contributed by atoms with Crippen LogP contribution in [-0.4, -0.2) is 38.3 Å². The maximum Gasteiger partial charge on any atom is 0.251 e. The third-order valence-electron chi connectivity index (χ3n) is 3.92. The number of benzene rings is 2. The fourth-order valence-electron chi connectivity index (χ4n) is 2.42. The van der Waals surface area contributed by atoms with Crippen LogP contribution in [0.25, 0.3) is 0 Å². The first kappa shape index (κ1) is 25.2. The first-order chi connectivity index (χ1) is 14.8. The summed E-state index contributed by atoms with van der Waals surface area (Å²) < 4.78 is 12.0. The summed E-state index contributed by atoms with van der Waals surface area (Å²) in [6, 6.07) is 8.22. The molecule has 0 aromatic heterocycles. The monoisotopic (exact) mass is 577 g/mol. The van der Waals surface area contributed by atoms with Gasteiger partial charge in [-0.15, -0.1) is 0 Å². The summed E-state index contributed by atoms with van der Waals surface area (Å²) in [4.78, 5) is 24.0. The zero-order valence-corrected chi connectivity index (χ0v) is 20.7. The molecule has 0 aliphatic heterocycles. The average molecular weight is 578 g/mol. The van der Waals surface area contributed by atoms with Gasteiger partial charge in [-0.25, -0.2) is 5.43 Å². The Balaban J connectivity index is 1.84. The van der Waals surface area contributed by atoms with Crippen LogP contribution in [0.2, 0.25) is 10.0 Å². The van der Waals surface area contributed by atoms with E-state index in [1.165, 1.54) is 12.3 Å². The minimum Gasteiger partial charge on any atom is -0.493 e. The van der Waals surface area contributed by atoms with Gasteiger partial charge in [-0.3, -0.25) is 9.59 Å². The fourth-order valence-corrected chi connectivity index (χ4v) is 3.50. The average Bonchev–Trinajstić information content (AvgIpc) is 2.74. The Hall–Kier alpha value is -2.04. The first-order valence-electron chi connectivity index (χ1n) is 9.41. The van der Waals surface area contributed by atoms with Crippen LogP contribution in [0.1, 0.15) is 35.7 Å². The highest BCUT2D eigenvalue weighted by Crippen LogP contribution is 2.33. The van der Waals surface area contributed by atoms with E-state index in [0.29, 0.717) is 28.7 Å². The molecule has 0 saturated heterocycles. The molecule has 0 spiro atoms. The van der Waals surface area contributed by atoms with Crippen LogP contribution in [0, 0.1) is 3.57 Å². The van der Waals surface area contributed by atoms with Gasteiger partial charge in [-0.05, 0) is 64.9 Å². The van der Waals surface area contributed by atoms with Gasteiger partial charge < -0.3 is 14.8 Å². The van der Waals surface area contributed by atoms with Crippen molar-refractivity contribution >= 4 is 63.8 Å². The highest BCUT2D eigenvalue weighted by Gasteiger charge is 2.11. The Bertz CT molecular complexity index is 970. The second-order valence-electron chi connectivity index (χ2n) is 6.31. The molecular formula is C21H22Cl2IN3O4. The van der Waals surface area contributed by atoms with Gasteiger partial charge in [0.2, 0.25) is 5.91 Å². The van der Waals surface area contributed by atoms with Crippen molar-refractivity contribution in [3.63, 3.8) is 0 Å². The van der Waals surface area contributed by atoms with Crippen molar-refractivity contribution in [2.45, 2.75) is 19.8 Å². The van der Waals surface area contributed by atoms with Crippen LogP contribution in [0.5, 0.6) is 11.5 Å². The summed E-state index contributed by atoms with van der Waals surface area (Å²) >= 11 is 13.9. The zero-order valence-electron chi connectivity index (χ0n) is 17.0. The molecule has 2 aromatic rings. The number of halogens is 3. The van der Waals surface area contributed by atoms with Gasteiger partial charge >= 0.3 is 0 Å². The largest absolute Gasteiger partial charge is 0.493 e. The third-order valence-corrected chi connectivity index (χ3v) is 5.46. The lowest BCUT2D eigenvalue weighted by molar-refractivity contribution is -0.120. The molecule has 0 fully saturated rings. The molecule has 2 rings (SSSR count). The van der Waals surface area contributed by atoms with Crippen molar-refractivity contribution in [2.24, 2.45) is 5.10 Å². The number of nitrogens with zero attached hydrogens (tertiary/aromatic N) is 1. The highest BCUT2D eigenvalue weighted by molar-refractivity contribution is 14.1. The molecule has 0 radical (unpaired) electrons. The second kappa shape index (κ2) is 12.7. The van der Waals surface area contributed by atoms with Crippen molar-refractivity contribution in [2.75, 3.05) is 20.3 Å². The van der Waals surface area contributed by atoms with Crippen LogP contribution in [0.3, 0.4) is 0 Å². The van der Waals surface area contributed by atoms with Crippen LogP contribution in [-0.2, 0) is 4.79 Å². The predicted octanol–water partition coefficient (Wildman–Crippen LogP) is 4.67. The molecule has 0 aliphatic carbocycles. The van der Waals surface area contributed by atoms with Crippen molar-refractivity contribution in [3.05, 3.63) is 55.1 Å². The lowest BCUT2D eigenvalue weighted by atomic mass is 10.2. The molecule has 7 nitrogen and oxygen atoms in total. The molecule has 0 saturated carbocycles. The molecule has 0 aliphatic rings. The Morgan fingerprint density at radius 1 is 1.19 bits per heavy atom. The maximum absolute atomic E-state index is 12.1. The lowest BCUT2D eigenvalue weighted by Crippen LogP contribution is -2.29. The minimum atomic E-state index is -0.345. The predicted molar refractivity (Wildman–Crippen MR) is 131 cm³/mol. The number of nitrogens with one attached hydrogen (secondary N) is 2. The number of hydrogen-bond acceptors (Lipinski definition) is 5. The molecule has 0 atom stereocenters. The molecule has 2 aromatic carbocycles. The van der Waals surface area contributed by atoms with E-state index in [-0.39, 0.29) is 29.8 Å². The summed E-state index contributed by atoms with van der Waals surface area (Å²) in [6.45, 7) is 2.77. The van der Waals surface area contributed by atoms with Crippen LogP contribution in [0.15, 0.2) is 35.4 Å².